The second-order valence-corrected chi connectivity index (χ2v) is 12.2. The van der Waals surface area contributed by atoms with Crippen LogP contribution in [0.2, 0.25) is 18.1 Å². The van der Waals surface area contributed by atoms with Gasteiger partial charge in [0.2, 0.25) is 0 Å². The first kappa shape index (κ1) is 13.7. The van der Waals surface area contributed by atoms with Crippen LogP contribution < -0.4 is 0 Å². The van der Waals surface area contributed by atoms with Crippen LogP contribution in [-0.2, 0) is 10.3 Å². The molecule has 0 fully saturated rings. The molecule has 94 valence electrons. The molecule has 1 aliphatic rings. The summed E-state index contributed by atoms with van der Waals surface area (Å²) in [5, 5.41) is -0.000880. The Bertz CT molecular complexity index is 409. The van der Waals surface area contributed by atoms with Crippen molar-refractivity contribution in [2.75, 3.05) is 13.1 Å². The number of hydrogen-bond acceptors (Lipinski definition) is 3. The highest BCUT2D eigenvalue weighted by molar-refractivity contribution is 7.84. The van der Waals surface area contributed by atoms with Gasteiger partial charge in [0.15, 0.2) is 0 Å². The monoisotopic (exact) mass is 264 g/mol. The third kappa shape index (κ3) is 2.30. The van der Waals surface area contributed by atoms with Gasteiger partial charge in [0.05, 0.1) is 18.5 Å². The summed E-state index contributed by atoms with van der Waals surface area (Å²) in [4.78, 5) is 4.29. The summed E-state index contributed by atoms with van der Waals surface area (Å²) in [6, 6.07) is 0. The molecule has 0 bridgehead atoms. The first-order valence-corrected chi connectivity index (χ1v) is 9.68. The van der Waals surface area contributed by atoms with Gasteiger partial charge in [0.1, 0.15) is 8.07 Å². The van der Waals surface area contributed by atoms with Crippen LogP contribution in [0.4, 0.5) is 0 Å². The molecule has 5 nitrogen and oxygen atoms in total. The van der Waals surface area contributed by atoms with Crippen molar-refractivity contribution >= 4 is 23.8 Å². The lowest BCUT2D eigenvalue weighted by atomic mass is 10.2. The fraction of sp³-hybridized carbons (Fsp3) is 0.889. The van der Waals surface area contributed by atoms with Crippen molar-refractivity contribution in [3.05, 3.63) is 0 Å². The van der Waals surface area contributed by atoms with E-state index in [0.29, 0.717) is 12.0 Å². The number of hydrogen-bond donors (Lipinski definition) is 1. The van der Waals surface area contributed by atoms with Crippen molar-refractivity contribution in [3.63, 3.8) is 0 Å². The maximum absolute atomic E-state index is 11.2. The van der Waals surface area contributed by atoms with Crippen LogP contribution in [0.3, 0.4) is 0 Å². The van der Waals surface area contributed by atoms with Crippen LogP contribution in [0.5, 0.6) is 0 Å². The SMILES string of the molecule is CC(C)(C)[Si](C)(C)C1=NCCN1S(=O)(=O)O. The number of amidine groups is 1. The molecule has 1 aliphatic heterocycles. The van der Waals surface area contributed by atoms with E-state index in [-0.39, 0.29) is 11.6 Å². The summed E-state index contributed by atoms with van der Waals surface area (Å²) in [5.41, 5.74) is 0.586. The summed E-state index contributed by atoms with van der Waals surface area (Å²) in [7, 11) is -6.17. The lowest BCUT2D eigenvalue weighted by molar-refractivity contribution is 0.430. The van der Waals surface area contributed by atoms with Gasteiger partial charge in [0.25, 0.3) is 0 Å². The smallest absolute Gasteiger partial charge is 0.275 e. The standard InChI is InChI=1S/C9H20N2O3SSi/c1-9(2,3)16(4,5)8-10-6-7-11(8)15(12,13)14/h6-7H2,1-5H3,(H,12,13,14). The van der Waals surface area contributed by atoms with Gasteiger partial charge in [-0.1, -0.05) is 33.9 Å². The van der Waals surface area contributed by atoms with Gasteiger partial charge < -0.3 is 0 Å². The number of aliphatic imine (C=N–C) groups is 1. The molecule has 0 saturated carbocycles. The van der Waals surface area contributed by atoms with E-state index in [9.17, 15) is 8.42 Å². The molecule has 0 aromatic heterocycles. The quantitative estimate of drug-likeness (QED) is 0.607. The summed E-state index contributed by atoms with van der Waals surface area (Å²) in [6.45, 7) is 11.1. The van der Waals surface area contributed by atoms with Crippen molar-refractivity contribution in [2.24, 2.45) is 4.99 Å². The average Bonchev–Trinajstić information content (AvgIpc) is 2.47. The molecule has 0 aromatic carbocycles. The van der Waals surface area contributed by atoms with Crippen molar-refractivity contribution in [2.45, 2.75) is 38.9 Å². The third-order valence-electron chi connectivity index (χ3n) is 3.51. The Kier molecular flexibility index (Phi) is 3.26. The maximum atomic E-state index is 11.2. The highest BCUT2D eigenvalue weighted by Crippen LogP contribution is 2.38. The predicted molar refractivity (Wildman–Crippen MR) is 67.8 cm³/mol. The maximum Gasteiger partial charge on any atom is 0.360 e. The Hall–Kier alpha value is -0.403. The fourth-order valence-electron chi connectivity index (χ4n) is 1.50. The summed E-state index contributed by atoms with van der Waals surface area (Å²) in [6.07, 6.45) is 0. The number of nitrogens with zero attached hydrogens (tertiary/aromatic N) is 2. The van der Waals surface area contributed by atoms with Gasteiger partial charge in [-0.25, -0.2) is 4.31 Å². The molecule has 0 unspecified atom stereocenters. The Balaban J connectivity index is 3.15. The van der Waals surface area contributed by atoms with E-state index in [1.807, 2.05) is 0 Å². The van der Waals surface area contributed by atoms with Crippen LogP contribution in [0.1, 0.15) is 20.8 Å². The zero-order valence-corrected chi connectivity index (χ0v) is 12.3. The van der Waals surface area contributed by atoms with E-state index in [1.54, 1.807) is 0 Å². The molecule has 1 rings (SSSR count). The molecule has 0 radical (unpaired) electrons. The van der Waals surface area contributed by atoms with Crippen LogP contribution in [0, 0.1) is 0 Å². The minimum atomic E-state index is -4.16. The van der Waals surface area contributed by atoms with Crippen LogP contribution in [-0.4, -0.2) is 43.9 Å². The Morgan fingerprint density at radius 1 is 1.38 bits per heavy atom. The van der Waals surface area contributed by atoms with E-state index >= 15 is 0 Å². The lowest BCUT2D eigenvalue weighted by Crippen LogP contribution is -2.54. The van der Waals surface area contributed by atoms with Crippen molar-refractivity contribution in [1.82, 2.24) is 4.31 Å². The molecule has 0 aliphatic carbocycles. The second kappa shape index (κ2) is 3.81. The fourth-order valence-corrected chi connectivity index (χ4v) is 5.03. The van der Waals surface area contributed by atoms with Crippen molar-refractivity contribution < 1.29 is 13.0 Å². The molecule has 0 aromatic rings. The lowest BCUT2D eigenvalue weighted by Gasteiger charge is -2.38. The molecule has 16 heavy (non-hydrogen) atoms. The van der Waals surface area contributed by atoms with Crippen LogP contribution >= 0.6 is 0 Å². The van der Waals surface area contributed by atoms with Crippen LogP contribution in [0.25, 0.3) is 0 Å². The first-order chi connectivity index (χ1) is 6.98. The molecular weight excluding hydrogens is 244 g/mol. The first-order valence-electron chi connectivity index (χ1n) is 5.28. The molecule has 0 spiro atoms. The largest absolute Gasteiger partial charge is 0.360 e. The molecule has 0 atom stereocenters. The Morgan fingerprint density at radius 3 is 2.25 bits per heavy atom. The topological polar surface area (TPSA) is 70.0 Å². The minimum absolute atomic E-state index is 0.000880. The van der Waals surface area contributed by atoms with E-state index < -0.39 is 18.4 Å². The number of rotatable bonds is 2. The van der Waals surface area contributed by atoms with E-state index in [1.165, 1.54) is 0 Å². The zero-order valence-electron chi connectivity index (χ0n) is 10.5. The molecule has 1 heterocycles. The van der Waals surface area contributed by atoms with Crippen molar-refractivity contribution in [3.8, 4) is 0 Å². The van der Waals surface area contributed by atoms with E-state index in [4.69, 9.17) is 4.55 Å². The summed E-state index contributed by atoms with van der Waals surface area (Å²) >= 11 is 0. The molecular formula is C9H20N2O3SSi. The highest BCUT2D eigenvalue weighted by Gasteiger charge is 2.46. The zero-order chi connectivity index (χ0) is 12.8. The van der Waals surface area contributed by atoms with Gasteiger partial charge in [-0.15, -0.1) is 0 Å². The molecule has 7 heteroatoms. The Morgan fingerprint density at radius 2 is 1.88 bits per heavy atom. The second-order valence-electron chi connectivity index (χ2n) is 5.63. The molecule has 0 amide bonds. The van der Waals surface area contributed by atoms with E-state index in [2.05, 4.69) is 38.9 Å². The van der Waals surface area contributed by atoms with E-state index in [0.717, 1.165) is 4.31 Å². The van der Waals surface area contributed by atoms with Gasteiger partial charge in [-0.05, 0) is 5.04 Å². The highest BCUT2D eigenvalue weighted by atomic mass is 32.2. The summed E-state index contributed by atoms with van der Waals surface area (Å²) < 4.78 is 32.7. The average molecular weight is 264 g/mol. The van der Waals surface area contributed by atoms with Gasteiger partial charge in [0, 0.05) is 0 Å². The molecule has 1 N–H and O–H groups in total. The van der Waals surface area contributed by atoms with Gasteiger partial charge in [-0.2, -0.15) is 8.42 Å². The predicted octanol–water partition coefficient (Wildman–Crippen LogP) is 1.55. The van der Waals surface area contributed by atoms with Crippen molar-refractivity contribution in [1.29, 1.82) is 0 Å². The molecule has 0 saturated heterocycles. The van der Waals surface area contributed by atoms with Crippen LogP contribution in [0.15, 0.2) is 4.99 Å². The van der Waals surface area contributed by atoms with Gasteiger partial charge in [-0.3, -0.25) is 9.55 Å². The van der Waals surface area contributed by atoms with Gasteiger partial charge >= 0.3 is 10.3 Å². The minimum Gasteiger partial charge on any atom is -0.275 e. The summed E-state index contributed by atoms with van der Waals surface area (Å²) in [5.74, 6) is 0. The Labute approximate surface area is 98.5 Å². The third-order valence-corrected chi connectivity index (χ3v) is 9.88. The normalized spacial score (nSPS) is 18.9.